The van der Waals surface area contributed by atoms with Gasteiger partial charge < -0.3 is 24.8 Å². The lowest BCUT2D eigenvalue weighted by atomic mass is 10.1. The van der Waals surface area contributed by atoms with Crippen LogP contribution in [-0.2, 0) is 4.79 Å². The zero-order valence-corrected chi connectivity index (χ0v) is 22.5. The lowest BCUT2D eigenvalue weighted by Crippen LogP contribution is -2.54. The standard InChI is InChI=1S/C27H40N6O3/c1-7-20(2)33(26(35)28-27(3,4)5)19-25(34)32-16-8-15-31(17-18-32)24-14-13-23(29-30-24)21-9-11-22(36-6)12-10-21/h9-14,20H,7-8,15-19H2,1-6H3,(H,28,35). The summed E-state index contributed by atoms with van der Waals surface area (Å²) in [6.07, 6.45) is 1.61. The maximum absolute atomic E-state index is 13.2. The van der Waals surface area contributed by atoms with Crippen LogP contribution in [0.25, 0.3) is 11.3 Å². The van der Waals surface area contributed by atoms with E-state index in [1.807, 2.05) is 75.9 Å². The van der Waals surface area contributed by atoms with Gasteiger partial charge >= 0.3 is 6.03 Å². The molecule has 2 heterocycles. The van der Waals surface area contributed by atoms with E-state index in [1.54, 1.807) is 12.0 Å². The molecule has 0 saturated carbocycles. The van der Waals surface area contributed by atoms with Gasteiger partial charge in [-0.15, -0.1) is 10.2 Å². The van der Waals surface area contributed by atoms with Gasteiger partial charge in [0.05, 0.1) is 12.8 Å². The molecular formula is C27H40N6O3. The van der Waals surface area contributed by atoms with Crippen molar-refractivity contribution in [3.63, 3.8) is 0 Å². The molecule has 1 saturated heterocycles. The fraction of sp³-hybridized carbons (Fsp3) is 0.556. The average Bonchev–Trinajstić information content (AvgIpc) is 3.12. The molecule has 1 aromatic heterocycles. The van der Waals surface area contributed by atoms with Crippen molar-refractivity contribution >= 4 is 17.8 Å². The topological polar surface area (TPSA) is 90.9 Å². The number of anilines is 1. The fourth-order valence-corrected chi connectivity index (χ4v) is 4.09. The highest BCUT2D eigenvalue weighted by atomic mass is 16.5. The van der Waals surface area contributed by atoms with E-state index in [9.17, 15) is 9.59 Å². The number of hydrogen-bond donors (Lipinski definition) is 1. The molecule has 1 aliphatic rings. The van der Waals surface area contributed by atoms with Gasteiger partial charge in [-0.2, -0.15) is 0 Å². The monoisotopic (exact) mass is 496 g/mol. The van der Waals surface area contributed by atoms with Crippen molar-refractivity contribution in [2.45, 2.75) is 59.0 Å². The number of ether oxygens (including phenoxy) is 1. The van der Waals surface area contributed by atoms with E-state index in [-0.39, 0.29) is 30.1 Å². The van der Waals surface area contributed by atoms with Crippen molar-refractivity contribution in [3.8, 4) is 17.0 Å². The van der Waals surface area contributed by atoms with E-state index in [4.69, 9.17) is 4.74 Å². The van der Waals surface area contributed by atoms with Crippen LogP contribution in [0.5, 0.6) is 5.75 Å². The molecule has 2 aromatic rings. The van der Waals surface area contributed by atoms with Gasteiger partial charge in [0.2, 0.25) is 5.91 Å². The first-order chi connectivity index (χ1) is 17.1. The molecule has 1 N–H and O–H groups in total. The zero-order valence-electron chi connectivity index (χ0n) is 22.5. The van der Waals surface area contributed by atoms with E-state index < -0.39 is 0 Å². The minimum Gasteiger partial charge on any atom is -0.497 e. The number of amides is 3. The molecule has 0 bridgehead atoms. The predicted octanol–water partition coefficient (Wildman–Crippen LogP) is 3.80. The Kier molecular flexibility index (Phi) is 9.12. The lowest BCUT2D eigenvalue weighted by molar-refractivity contribution is -0.132. The summed E-state index contributed by atoms with van der Waals surface area (Å²) in [5.41, 5.74) is 1.41. The molecule has 36 heavy (non-hydrogen) atoms. The molecular weight excluding hydrogens is 456 g/mol. The lowest BCUT2D eigenvalue weighted by Gasteiger charge is -2.33. The normalized spacial score (nSPS) is 15.2. The minimum absolute atomic E-state index is 0.0258. The third-order valence-electron chi connectivity index (χ3n) is 6.38. The predicted molar refractivity (Wildman–Crippen MR) is 142 cm³/mol. The van der Waals surface area contributed by atoms with Gasteiger partial charge in [-0.3, -0.25) is 4.79 Å². The number of hydrogen-bond acceptors (Lipinski definition) is 6. The summed E-state index contributed by atoms with van der Waals surface area (Å²) in [5.74, 6) is 1.57. The average molecular weight is 497 g/mol. The third-order valence-corrected chi connectivity index (χ3v) is 6.38. The molecule has 196 valence electrons. The second-order valence-electron chi connectivity index (χ2n) is 10.3. The molecule has 1 fully saturated rings. The Bertz CT molecular complexity index is 1000. The van der Waals surface area contributed by atoms with Crippen LogP contribution in [0.3, 0.4) is 0 Å². The van der Waals surface area contributed by atoms with Crippen LogP contribution in [-0.4, -0.2) is 83.3 Å². The largest absolute Gasteiger partial charge is 0.497 e. The van der Waals surface area contributed by atoms with Gasteiger partial charge in [0.1, 0.15) is 12.3 Å². The Morgan fingerprint density at radius 1 is 1.06 bits per heavy atom. The molecule has 0 radical (unpaired) electrons. The Labute approximate surface area is 214 Å². The van der Waals surface area contributed by atoms with E-state index in [0.29, 0.717) is 19.6 Å². The number of rotatable bonds is 7. The van der Waals surface area contributed by atoms with Crippen LogP contribution in [0, 0.1) is 0 Å². The molecule has 1 aromatic carbocycles. The highest BCUT2D eigenvalue weighted by Crippen LogP contribution is 2.22. The molecule has 0 spiro atoms. The molecule has 3 amide bonds. The summed E-state index contributed by atoms with van der Waals surface area (Å²) < 4.78 is 5.22. The van der Waals surface area contributed by atoms with Gasteiger partial charge in [-0.25, -0.2) is 4.79 Å². The number of nitrogens with one attached hydrogen (secondary N) is 1. The van der Waals surface area contributed by atoms with Crippen molar-refractivity contribution in [2.24, 2.45) is 0 Å². The number of urea groups is 1. The van der Waals surface area contributed by atoms with Gasteiger partial charge in [-0.05, 0) is 76.9 Å². The first-order valence-electron chi connectivity index (χ1n) is 12.7. The van der Waals surface area contributed by atoms with Crippen LogP contribution < -0.4 is 15.0 Å². The smallest absolute Gasteiger partial charge is 0.318 e. The van der Waals surface area contributed by atoms with Crippen molar-refractivity contribution in [1.82, 2.24) is 25.3 Å². The highest BCUT2D eigenvalue weighted by molar-refractivity contribution is 5.84. The molecule has 9 nitrogen and oxygen atoms in total. The fourth-order valence-electron chi connectivity index (χ4n) is 4.09. The summed E-state index contributed by atoms with van der Waals surface area (Å²) >= 11 is 0. The molecule has 1 unspecified atom stereocenters. The minimum atomic E-state index is -0.362. The number of nitrogens with zero attached hydrogens (tertiary/aromatic N) is 5. The molecule has 3 rings (SSSR count). The van der Waals surface area contributed by atoms with E-state index in [0.717, 1.165) is 42.2 Å². The van der Waals surface area contributed by atoms with Crippen LogP contribution in [0.15, 0.2) is 36.4 Å². The van der Waals surface area contributed by atoms with Crippen molar-refractivity contribution in [3.05, 3.63) is 36.4 Å². The van der Waals surface area contributed by atoms with Gasteiger partial charge in [0.25, 0.3) is 0 Å². The maximum Gasteiger partial charge on any atom is 0.318 e. The highest BCUT2D eigenvalue weighted by Gasteiger charge is 2.28. The summed E-state index contributed by atoms with van der Waals surface area (Å²) in [7, 11) is 1.64. The van der Waals surface area contributed by atoms with Crippen molar-refractivity contribution in [1.29, 1.82) is 0 Å². The van der Waals surface area contributed by atoms with Crippen molar-refractivity contribution in [2.75, 3.05) is 44.7 Å². The Balaban J connectivity index is 1.61. The first kappa shape index (κ1) is 27.2. The number of carbonyl (C=O) groups excluding carboxylic acids is 2. The van der Waals surface area contributed by atoms with E-state index in [2.05, 4.69) is 20.4 Å². The van der Waals surface area contributed by atoms with E-state index >= 15 is 0 Å². The molecule has 0 aliphatic carbocycles. The number of methoxy groups -OCH3 is 1. The van der Waals surface area contributed by atoms with E-state index in [1.165, 1.54) is 0 Å². The van der Waals surface area contributed by atoms with Gasteiger partial charge in [0, 0.05) is 43.3 Å². The Hall–Kier alpha value is -3.36. The number of benzene rings is 1. The van der Waals surface area contributed by atoms with Crippen LogP contribution >= 0.6 is 0 Å². The summed E-state index contributed by atoms with van der Waals surface area (Å²) in [5, 5.41) is 11.9. The number of carbonyl (C=O) groups is 2. The Morgan fingerprint density at radius 3 is 2.36 bits per heavy atom. The maximum atomic E-state index is 13.2. The third kappa shape index (κ3) is 7.32. The van der Waals surface area contributed by atoms with Gasteiger partial charge in [0.15, 0.2) is 5.82 Å². The first-order valence-corrected chi connectivity index (χ1v) is 12.7. The van der Waals surface area contributed by atoms with Crippen molar-refractivity contribution < 1.29 is 14.3 Å². The van der Waals surface area contributed by atoms with Crippen LogP contribution in [0.2, 0.25) is 0 Å². The molecule has 1 aliphatic heterocycles. The molecule has 9 heteroatoms. The zero-order chi connectivity index (χ0) is 26.3. The summed E-state index contributed by atoms with van der Waals surface area (Å²) in [4.78, 5) is 31.7. The SMILES string of the molecule is CCC(C)N(CC(=O)N1CCCN(c2ccc(-c3ccc(OC)cc3)nn2)CC1)C(=O)NC(C)(C)C. The second kappa shape index (κ2) is 12.1. The summed E-state index contributed by atoms with van der Waals surface area (Å²) in [6, 6.07) is 11.4. The van der Waals surface area contributed by atoms with Crippen LogP contribution in [0.4, 0.5) is 10.6 Å². The second-order valence-corrected chi connectivity index (χ2v) is 10.3. The summed E-state index contributed by atoms with van der Waals surface area (Å²) in [6.45, 7) is 12.6. The molecule has 1 atom stereocenters. The Morgan fingerprint density at radius 2 is 1.78 bits per heavy atom. The van der Waals surface area contributed by atoms with Gasteiger partial charge in [-0.1, -0.05) is 6.92 Å². The quantitative estimate of drug-likeness (QED) is 0.627. The van der Waals surface area contributed by atoms with Crippen LogP contribution in [0.1, 0.15) is 47.5 Å². The number of aromatic nitrogens is 2.